The third-order valence-electron chi connectivity index (χ3n) is 9.82. The third kappa shape index (κ3) is 4.07. The van der Waals surface area contributed by atoms with Crippen molar-refractivity contribution in [3.05, 3.63) is 170 Å². The molecule has 1 heteroatoms. The molecule has 0 aliphatic rings. The Morgan fingerprint density at radius 1 is 0.277 bits per heavy atom. The summed E-state index contributed by atoms with van der Waals surface area (Å²) in [6, 6.07) is 62.7. The molecule has 9 aromatic carbocycles. The van der Waals surface area contributed by atoms with E-state index in [1.54, 1.807) is 0 Å². The van der Waals surface area contributed by atoms with Gasteiger partial charge in [0, 0.05) is 20.2 Å². The van der Waals surface area contributed by atoms with Crippen molar-refractivity contribution in [3.63, 3.8) is 0 Å². The lowest BCUT2D eigenvalue weighted by molar-refractivity contribution is 1.64. The normalized spacial score (nSPS) is 11.8. The van der Waals surface area contributed by atoms with Gasteiger partial charge in [-0.25, -0.2) is 0 Å². The second kappa shape index (κ2) is 10.4. The van der Waals surface area contributed by atoms with Crippen molar-refractivity contribution in [2.45, 2.75) is 0 Å². The number of benzene rings is 9. The largest absolute Gasteiger partial charge is 0.134 e. The minimum Gasteiger partial charge on any atom is -0.134 e. The molecule has 0 saturated carbocycles. The van der Waals surface area contributed by atoms with Crippen molar-refractivity contribution < 1.29 is 0 Å². The monoisotopic (exact) mass is 612 g/mol. The Morgan fingerprint density at radius 3 is 1.51 bits per heavy atom. The van der Waals surface area contributed by atoms with Crippen LogP contribution in [0.15, 0.2) is 170 Å². The van der Waals surface area contributed by atoms with Gasteiger partial charge in [-0.05, 0) is 88.6 Å². The van der Waals surface area contributed by atoms with Crippen LogP contribution in [0.5, 0.6) is 0 Å². The molecule has 0 saturated heterocycles. The van der Waals surface area contributed by atoms with Gasteiger partial charge in [0.25, 0.3) is 0 Å². The standard InChI is InChI=1S/C46H28S/c1-2-13-31-27-34(24-23-29(31)11-1)44-39-19-7-5-17-37(39)43(38-18-6-8-20-40(38)44)33-15-9-14-32(28-33)36-21-10-22-41-42-26-25-30-12-3-4-16-35(30)45(42)47-46(36)41/h1-28H. The lowest BCUT2D eigenvalue weighted by Gasteiger charge is -2.18. The molecule has 0 radical (unpaired) electrons. The summed E-state index contributed by atoms with van der Waals surface area (Å²) in [7, 11) is 0. The smallest absolute Gasteiger partial charge is 0.0434 e. The topological polar surface area (TPSA) is 0 Å². The van der Waals surface area contributed by atoms with Crippen molar-refractivity contribution >= 4 is 74.6 Å². The first-order valence-corrected chi connectivity index (χ1v) is 17.0. The number of hydrogen-bond donors (Lipinski definition) is 0. The highest BCUT2D eigenvalue weighted by atomic mass is 32.1. The van der Waals surface area contributed by atoms with Crippen LogP contribution in [-0.2, 0) is 0 Å². The number of hydrogen-bond acceptors (Lipinski definition) is 1. The molecule has 1 heterocycles. The van der Waals surface area contributed by atoms with E-state index >= 15 is 0 Å². The van der Waals surface area contributed by atoms with E-state index in [1.807, 2.05) is 11.3 Å². The lowest BCUT2D eigenvalue weighted by Crippen LogP contribution is -1.91. The van der Waals surface area contributed by atoms with Gasteiger partial charge in [-0.2, -0.15) is 0 Å². The molecular weight excluding hydrogens is 585 g/mol. The first-order valence-electron chi connectivity index (χ1n) is 16.2. The maximum atomic E-state index is 2.40. The van der Waals surface area contributed by atoms with Gasteiger partial charge in [0.05, 0.1) is 0 Å². The average molecular weight is 613 g/mol. The summed E-state index contributed by atoms with van der Waals surface area (Å²) in [5.41, 5.74) is 7.61. The summed E-state index contributed by atoms with van der Waals surface area (Å²) in [5, 5.41) is 12.9. The van der Waals surface area contributed by atoms with Gasteiger partial charge in [-0.3, -0.25) is 0 Å². The zero-order valence-corrected chi connectivity index (χ0v) is 26.4. The second-order valence-corrected chi connectivity index (χ2v) is 13.5. The molecule has 218 valence electrons. The predicted octanol–water partition coefficient (Wildman–Crippen LogP) is 13.7. The molecule has 0 bridgehead atoms. The third-order valence-corrected chi connectivity index (χ3v) is 11.1. The summed E-state index contributed by atoms with van der Waals surface area (Å²) in [5.74, 6) is 0. The summed E-state index contributed by atoms with van der Waals surface area (Å²) < 4.78 is 2.71. The Kier molecular flexibility index (Phi) is 5.85. The van der Waals surface area contributed by atoms with Gasteiger partial charge >= 0.3 is 0 Å². The molecule has 0 nitrogen and oxygen atoms in total. The van der Waals surface area contributed by atoms with Crippen molar-refractivity contribution in [3.8, 4) is 33.4 Å². The molecule has 0 spiro atoms. The van der Waals surface area contributed by atoms with E-state index in [0.717, 1.165) is 0 Å². The molecule has 10 rings (SSSR count). The lowest BCUT2D eigenvalue weighted by atomic mass is 9.85. The molecule has 0 N–H and O–H groups in total. The van der Waals surface area contributed by atoms with Crippen molar-refractivity contribution in [2.75, 3.05) is 0 Å². The van der Waals surface area contributed by atoms with E-state index in [1.165, 1.54) is 96.6 Å². The number of thiophene rings is 1. The summed E-state index contributed by atoms with van der Waals surface area (Å²) in [6.07, 6.45) is 0. The fourth-order valence-electron chi connectivity index (χ4n) is 7.69. The van der Waals surface area contributed by atoms with E-state index in [-0.39, 0.29) is 0 Å². The Bertz CT molecular complexity index is 2800. The zero-order chi connectivity index (χ0) is 30.9. The zero-order valence-electron chi connectivity index (χ0n) is 25.6. The second-order valence-electron chi connectivity index (χ2n) is 12.4. The van der Waals surface area contributed by atoms with Gasteiger partial charge in [-0.1, -0.05) is 158 Å². The van der Waals surface area contributed by atoms with E-state index in [2.05, 4.69) is 170 Å². The van der Waals surface area contributed by atoms with E-state index in [0.29, 0.717) is 0 Å². The molecule has 0 fully saturated rings. The van der Waals surface area contributed by atoms with Gasteiger partial charge < -0.3 is 0 Å². The van der Waals surface area contributed by atoms with E-state index < -0.39 is 0 Å². The molecule has 0 atom stereocenters. The average Bonchev–Trinajstić information content (AvgIpc) is 3.53. The van der Waals surface area contributed by atoms with Crippen LogP contribution in [0.1, 0.15) is 0 Å². The molecule has 47 heavy (non-hydrogen) atoms. The highest BCUT2D eigenvalue weighted by Crippen LogP contribution is 2.46. The van der Waals surface area contributed by atoms with Gasteiger partial charge in [0.15, 0.2) is 0 Å². The minimum atomic E-state index is 1.24. The number of rotatable bonds is 3. The Morgan fingerprint density at radius 2 is 0.787 bits per heavy atom. The van der Waals surface area contributed by atoms with Crippen LogP contribution in [0.2, 0.25) is 0 Å². The molecule has 0 amide bonds. The summed E-state index contributed by atoms with van der Waals surface area (Å²) in [4.78, 5) is 0. The Hall–Kier alpha value is -5.76. The van der Waals surface area contributed by atoms with Gasteiger partial charge in [-0.15, -0.1) is 11.3 Å². The maximum Gasteiger partial charge on any atom is 0.0434 e. The highest BCUT2D eigenvalue weighted by molar-refractivity contribution is 7.27. The Labute approximate surface area is 276 Å². The first kappa shape index (κ1) is 26.5. The molecule has 1 aromatic heterocycles. The van der Waals surface area contributed by atoms with Gasteiger partial charge in [0.2, 0.25) is 0 Å². The van der Waals surface area contributed by atoms with Crippen LogP contribution < -0.4 is 0 Å². The van der Waals surface area contributed by atoms with Crippen molar-refractivity contribution in [2.24, 2.45) is 0 Å². The van der Waals surface area contributed by atoms with Crippen LogP contribution in [0, 0.1) is 0 Å². The quantitative estimate of drug-likeness (QED) is 0.174. The molecule has 0 unspecified atom stereocenters. The SMILES string of the molecule is c1cc(-c2c3ccccc3c(-c3ccc4ccccc4c3)c3ccccc23)cc(-c2cccc3c2sc2c4ccccc4ccc32)c1. The van der Waals surface area contributed by atoms with Crippen LogP contribution in [0.25, 0.3) is 96.6 Å². The minimum absolute atomic E-state index is 1.24. The Balaban J connectivity index is 1.22. The first-order chi connectivity index (χ1) is 23.3. The number of fused-ring (bicyclic) bond motifs is 8. The van der Waals surface area contributed by atoms with Crippen molar-refractivity contribution in [1.82, 2.24) is 0 Å². The molecule has 0 aliphatic heterocycles. The summed E-state index contributed by atoms with van der Waals surface area (Å²) >= 11 is 1.92. The van der Waals surface area contributed by atoms with Crippen LogP contribution in [0.3, 0.4) is 0 Å². The van der Waals surface area contributed by atoms with Crippen molar-refractivity contribution in [1.29, 1.82) is 0 Å². The molecule has 10 aromatic rings. The van der Waals surface area contributed by atoms with E-state index in [9.17, 15) is 0 Å². The van der Waals surface area contributed by atoms with Crippen LogP contribution >= 0.6 is 11.3 Å². The fourth-order valence-corrected chi connectivity index (χ4v) is 9.06. The highest BCUT2D eigenvalue weighted by Gasteiger charge is 2.18. The van der Waals surface area contributed by atoms with Crippen LogP contribution in [0.4, 0.5) is 0 Å². The van der Waals surface area contributed by atoms with E-state index in [4.69, 9.17) is 0 Å². The maximum absolute atomic E-state index is 2.40. The predicted molar refractivity (Wildman–Crippen MR) is 206 cm³/mol. The molecule has 0 aliphatic carbocycles. The fraction of sp³-hybridized carbons (Fsp3) is 0. The van der Waals surface area contributed by atoms with Gasteiger partial charge in [0.1, 0.15) is 0 Å². The summed E-state index contributed by atoms with van der Waals surface area (Å²) in [6.45, 7) is 0. The molecular formula is C46H28S. The van der Waals surface area contributed by atoms with Crippen LogP contribution in [-0.4, -0.2) is 0 Å².